The van der Waals surface area contributed by atoms with Gasteiger partial charge < -0.3 is 10.5 Å². The lowest BCUT2D eigenvalue weighted by Gasteiger charge is -2.03. The molecule has 0 aromatic heterocycles. The van der Waals surface area contributed by atoms with Crippen LogP contribution in [0.25, 0.3) is 0 Å². The largest absolute Gasteiger partial charge is 0.383 e. The van der Waals surface area contributed by atoms with Gasteiger partial charge in [0.05, 0.1) is 12.7 Å². The highest BCUT2D eigenvalue weighted by Crippen LogP contribution is 1.83. The second kappa shape index (κ2) is 16.4. The third-order valence-corrected chi connectivity index (χ3v) is 0.905. The highest BCUT2D eigenvalue weighted by molar-refractivity contribution is 5.85. The van der Waals surface area contributed by atoms with Crippen molar-refractivity contribution in [3.05, 3.63) is 0 Å². The first-order chi connectivity index (χ1) is 4.72. The maximum Gasteiger partial charge on any atom is 0.0613 e. The number of nitrogens with two attached hydrogens (primary N) is 1. The first-order valence-corrected chi connectivity index (χ1v) is 3.28. The molecule has 0 rings (SSSR count). The van der Waals surface area contributed by atoms with Gasteiger partial charge in [0.15, 0.2) is 0 Å². The van der Waals surface area contributed by atoms with E-state index in [0.29, 0.717) is 6.61 Å². The van der Waals surface area contributed by atoms with Crippen LogP contribution in [0.2, 0.25) is 0 Å². The Kier molecular flexibility index (Phi) is 25.2. The predicted octanol–water partition coefficient (Wildman–Crippen LogP) is 1.32. The maximum atomic E-state index is 7.32. The van der Waals surface area contributed by atoms with E-state index < -0.39 is 0 Å². The van der Waals surface area contributed by atoms with Gasteiger partial charge in [0.1, 0.15) is 0 Å². The lowest BCUT2D eigenvalue weighted by Crippen LogP contribution is -2.23. The van der Waals surface area contributed by atoms with Crippen LogP contribution in [-0.2, 0) is 4.74 Å². The van der Waals surface area contributed by atoms with Gasteiger partial charge in [0.25, 0.3) is 0 Å². The standard InChI is InChI=1S/C5H13NO.C2H3N.ClH/c1-3-5(6)4-7-2;1-2-3;/h5H,3-4,6H2,1-2H3;1H3;1H. The molecule has 1 unspecified atom stereocenters. The van der Waals surface area contributed by atoms with Gasteiger partial charge in [-0.05, 0) is 6.42 Å². The Morgan fingerprint density at radius 2 is 2.00 bits per heavy atom. The molecule has 1 atom stereocenters. The molecule has 0 aliphatic carbocycles. The van der Waals surface area contributed by atoms with E-state index in [1.54, 1.807) is 13.2 Å². The quantitative estimate of drug-likeness (QED) is 0.713. The van der Waals surface area contributed by atoms with Gasteiger partial charge in [-0.3, -0.25) is 0 Å². The minimum absolute atomic E-state index is 0. The number of nitrogens with zero attached hydrogens (tertiary/aromatic N) is 1. The van der Waals surface area contributed by atoms with Crippen molar-refractivity contribution in [1.29, 1.82) is 5.26 Å². The van der Waals surface area contributed by atoms with Gasteiger partial charge in [-0.2, -0.15) is 5.26 Å². The molecule has 2 N–H and O–H groups in total. The molecule has 0 heterocycles. The summed E-state index contributed by atoms with van der Waals surface area (Å²) in [6.07, 6.45) is 0.994. The second-order valence-electron chi connectivity index (χ2n) is 1.85. The molecule has 0 saturated carbocycles. The summed E-state index contributed by atoms with van der Waals surface area (Å²) in [5.41, 5.74) is 5.46. The van der Waals surface area contributed by atoms with E-state index in [0.717, 1.165) is 6.42 Å². The number of rotatable bonds is 3. The predicted molar refractivity (Wildman–Crippen MR) is 48.7 cm³/mol. The monoisotopic (exact) mass is 180 g/mol. The van der Waals surface area contributed by atoms with Crippen LogP contribution in [0.15, 0.2) is 0 Å². The van der Waals surface area contributed by atoms with E-state index in [2.05, 4.69) is 0 Å². The van der Waals surface area contributed by atoms with Gasteiger partial charge in [0.2, 0.25) is 0 Å². The van der Waals surface area contributed by atoms with Crippen LogP contribution in [-0.4, -0.2) is 19.8 Å². The number of methoxy groups -OCH3 is 1. The fourth-order valence-corrected chi connectivity index (χ4v) is 0.332. The Morgan fingerprint density at radius 1 is 1.64 bits per heavy atom. The molecule has 0 radical (unpaired) electrons. The third-order valence-electron chi connectivity index (χ3n) is 0.905. The van der Waals surface area contributed by atoms with Gasteiger partial charge in [-0.1, -0.05) is 6.92 Å². The Hall–Kier alpha value is -0.300. The molecule has 0 aromatic rings. The summed E-state index contributed by atoms with van der Waals surface area (Å²) in [6.45, 7) is 4.15. The van der Waals surface area contributed by atoms with Crippen molar-refractivity contribution in [2.45, 2.75) is 26.3 Å². The molecule has 0 aromatic carbocycles. The molecule has 3 nitrogen and oxygen atoms in total. The van der Waals surface area contributed by atoms with E-state index in [1.165, 1.54) is 6.92 Å². The molecule has 0 bridgehead atoms. The molecule has 4 heteroatoms. The van der Waals surface area contributed by atoms with Crippen LogP contribution in [0.1, 0.15) is 20.3 Å². The summed E-state index contributed by atoms with van der Waals surface area (Å²) in [4.78, 5) is 0. The number of nitriles is 1. The number of halogens is 1. The maximum absolute atomic E-state index is 7.32. The smallest absolute Gasteiger partial charge is 0.0613 e. The summed E-state index contributed by atoms with van der Waals surface area (Å²) < 4.78 is 4.77. The van der Waals surface area contributed by atoms with Gasteiger partial charge in [0, 0.05) is 20.1 Å². The van der Waals surface area contributed by atoms with Crippen molar-refractivity contribution < 1.29 is 4.74 Å². The second-order valence-corrected chi connectivity index (χ2v) is 1.85. The first-order valence-electron chi connectivity index (χ1n) is 3.28. The van der Waals surface area contributed by atoms with E-state index in [-0.39, 0.29) is 18.4 Å². The summed E-state index contributed by atoms with van der Waals surface area (Å²) in [5.74, 6) is 0. The zero-order valence-electron chi connectivity index (χ0n) is 7.33. The lowest BCUT2D eigenvalue weighted by molar-refractivity contribution is 0.179. The fourth-order valence-electron chi connectivity index (χ4n) is 0.332. The van der Waals surface area contributed by atoms with Crippen molar-refractivity contribution in [2.24, 2.45) is 5.73 Å². The Bertz CT molecular complexity index is 92.9. The van der Waals surface area contributed by atoms with E-state index in [4.69, 9.17) is 15.7 Å². The van der Waals surface area contributed by atoms with Crippen LogP contribution in [0, 0.1) is 11.3 Å². The molecule has 0 spiro atoms. The minimum atomic E-state index is 0. The third kappa shape index (κ3) is 26.0. The summed E-state index contributed by atoms with van der Waals surface area (Å²) in [7, 11) is 1.66. The van der Waals surface area contributed by atoms with Crippen LogP contribution in [0.3, 0.4) is 0 Å². The summed E-state index contributed by atoms with van der Waals surface area (Å²) in [5, 5.41) is 7.32. The van der Waals surface area contributed by atoms with Crippen molar-refractivity contribution in [3.63, 3.8) is 0 Å². The van der Waals surface area contributed by atoms with Gasteiger partial charge in [-0.25, -0.2) is 0 Å². The zero-order valence-corrected chi connectivity index (χ0v) is 8.15. The van der Waals surface area contributed by atoms with E-state index in [1.807, 2.05) is 6.92 Å². The van der Waals surface area contributed by atoms with Crippen molar-refractivity contribution in [3.8, 4) is 6.07 Å². The number of hydrogen-bond acceptors (Lipinski definition) is 3. The molecule has 0 aliphatic heterocycles. The minimum Gasteiger partial charge on any atom is -0.383 e. The van der Waals surface area contributed by atoms with Crippen molar-refractivity contribution in [1.82, 2.24) is 0 Å². The van der Waals surface area contributed by atoms with Gasteiger partial charge >= 0.3 is 0 Å². The SMILES string of the molecule is CC#N.CCC(N)COC.Cl. The Labute approximate surface area is 74.9 Å². The Balaban J connectivity index is -0.000000140. The first kappa shape index (κ1) is 17.0. The van der Waals surface area contributed by atoms with E-state index in [9.17, 15) is 0 Å². The topological polar surface area (TPSA) is 59.0 Å². The van der Waals surface area contributed by atoms with Gasteiger partial charge in [-0.15, -0.1) is 12.4 Å². The van der Waals surface area contributed by atoms with Crippen molar-refractivity contribution >= 4 is 12.4 Å². The van der Waals surface area contributed by atoms with Crippen LogP contribution >= 0.6 is 12.4 Å². The average Bonchev–Trinajstić information content (AvgIpc) is 1.90. The highest BCUT2D eigenvalue weighted by Gasteiger charge is 1.93. The number of ether oxygens (including phenoxy) is 1. The number of hydrogen-bond donors (Lipinski definition) is 1. The zero-order chi connectivity index (χ0) is 8.41. The molecular weight excluding hydrogens is 164 g/mol. The van der Waals surface area contributed by atoms with E-state index >= 15 is 0 Å². The summed E-state index contributed by atoms with van der Waals surface area (Å²) >= 11 is 0. The van der Waals surface area contributed by atoms with Crippen molar-refractivity contribution in [2.75, 3.05) is 13.7 Å². The average molecular weight is 181 g/mol. The highest BCUT2D eigenvalue weighted by atomic mass is 35.5. The fraction of sp³-hybridized carbons (Fsp3) is 0.857. The lowest BCUT2D eigenvalue weighted by atomic mass is 10.3. The van der Waals surface area contributed by atoms with Crippen LogP contribution in [0.5, 0.6) is 0 Å². The van der Waals surface area contributed by atoms with Crippen LogP contribution in [0.4, 0.5) is 0 Å². The summed E-state index contributed by atoms with van der Waals surface area (Å²) in [6, 6.07) is 1.98. The van der Waals surface area contributed by atoms with Crippen LogP contribution < -0.4 is 5.73 Å². The Morgan fingerprint density at radius 3 is 2.09 bits per heavy atom. The molecule has 0 amide bonds. The molecule has 0 fully saturated rings. The normalized spacial score (nSPS) is 9.73. The molecule has 0 aliphatic rings. The molecule has 0 saturated heterocycles. The molecular formula is C7H17ClN2O. The molecule has 68 valence electrons. The molecule has 11 heavy (non-hydrogen) atoms.